The van der Waals surface area contributed by atoms with Crippen LogP contribution in [-0.4, -0.2) is 79.8 Å². The van der Waals surface area contributed by atoms with Crippen molar-refractivity contribution in [2.45, 2.75) is 57.3 Å². The molecule has 1 heterocycles. The molecule has 0 fully saturated rings. The molecule has 0 spiro atoms. The minimum atomic E-state index is -1.53. The summed E-state index contributed by atoms with van der Waals surface area (Å²) in [5.74, 6) is -3.81. The molecule has 0 radical (unpaired) electrons. The molecule has 5 atom stereocenters. The van der Waals surface area contributed by atoms with Crippen LogP contribution in [0.1, 0.15) is 31.5 Å². The molecule has 1 aromatic carbocycles. The molecule has 0 aliphatic carbocycles. The first-order chi connectivity index (χ1) is 17.5. The maximum atomic E-state index is 13.3. The van der Waals surface area contributed by atoms with Gasteiger partial charge in [-0.15, -0.1) is 0 Å². The topological polar surface area (TPSA) is 220 Å². The standard InChI is InChI=1S/C24H34N6O7/c1-3-13(2)20(23(35)29-19(11-31)24(36)37)30-22(34)18(9-15-10-26-12-27-15)28-21(33)17(25)8-14-4-6-16(32)7-5-14/h4-7,10,12-13,17-20,31-32H,3,8-9,11,25H2,1-2H3,(H,26,27)(H,28,33)(H,29,35)(H,30,34)(H,36,37). The van der Waals surface area contributed by atoms with Gasteiger partial charge in [-0.25, -0.2) is 9.78 Å². The fraction of sp³-hybridized carbons (Fsp3) is 0.458. The van der Waals surface area contributed by atoms with E-state index in [9.17, 15) is 29.4 Å². The third-order valence-corrected chi connectivity index (χ3v) is 5.93. The number of aliphatic hydroxyl groups is 1. The molecule has 3 amide bonds. The molecular weight excluding hydrogens is 484 g/mol. The van der Waals surface area contributed by atoms with Gasteiger partial charge in [0.1, 0.15) is 23.9 Å². The van der Waals surface area contributed by atoms with Gasteiger partial charge in [-0.1, -0.05) is 32.4 Å². The Bertz CT molecular complexity index is 1040. The predicted molar refractivity (Wildman–Crippen MR) is 132 cm³/mol. The summed E-state index contributed by atoms with van der Waals surface area (Å²) in [5, 5.41) is 35.3. The second kappa shape index (κ2) is 13.9. The number of carboxylic acids is 1. The van der Waals surface area contributed by atoms with Gasteiger partial charge in [-0.2, -0.15) is 0 Å². The van der Waals surface area contributed by atoms with Gasteiger partial charge in [0, 0.05) is 18.3 Å². The summed E-state index contributed by atoms with van der Waals surface area (Å²) >= 11 is 0. The van der Waals surface area contributed by atoms with Crippen molar-refractivity contribution in [3.05, 3.63) is 48.0 Å². The fourth-order valence-corrected chi connectivity index (χ4v) is 3.49. The van der Waals surface area contributed by atoms with Gasteiger partial charge in [0.05, 0.1) is 19.0 Å². The molecule has 2 rings (SSSR count). The molecule has 13 nitrogen and oxygen atoms in total. The zero-order chi connectivity index (χ0) is 27.5. The summed E-state index contributed by atoms with van der Waals surface area (Å²) in [6.45, 7) is 2.68. The number of hydrogen-bond acceptors (Lipinski definition) is 8. The predicted octanol–water partition coefficient (Wildman–Crippen LogP) is -1.19. The number of aliphatic carboxylic acids is 1. The second-order valence-electron chi connectivity index (χ2n) is 8.77. The second-order valence-corrected chi connectivity index (χ2v) is 8.77. The van der Waals surface area contributed by atoms with Crippen molar-refractivity contribution >= 4 is 23.7 Å². The van der Waals surface area contributed by atoms with Gasteiger partial charge >= 0.3 is 5.97 Å². The van der Waals surface area contributed by atoms with Gasteiger partial charge < -0.3 is 42.0 Å². The Morgan fingerprint density at radius 1 is 1.00 bits per heavy atom. The van der Waals surface area contributed by atoms with E-state index in [1.807, 2.05) is 0 Å². The molecule has 5 unspecified atom stereocenters. The van der Waals surface area contributed by atoms with Gasteiger partial charge in [0.2, 0.25) is 17.7 Å². The van der Waals surface area contributed by atoms with E-state index in [-0.39, 0.29) is 18.6 Å². The SMILES string of the molecule is CCC(C)C(NC(=O)C(Cc1cnc[nH]1)NC(=O)C(N)Cc1ccc(O)cc1)C(=O)NC(CO)C(=O)O. The maximum absolute atomic E-state index is 13.3. The number of nitrogens with two attached hydrogens (primary N) is 1. The quantitative estimate of drug-likeness (QED) is 0.150. The Hall–Kier alpha value is -3.97. The summed E-state index contributed by atoms with van der Waals surface area (Å²) in [6.07, 6.45) is 3.55. The molecule has 9 N–H and O–H groups in total. The van der Waals surface area contributed by atoms with Gasteiger partial charge in [-0.05, 0) is 30.0 Å². The molecule has 1 aromatic heterocycles. The van der Waals surface area contributed by atoms with Crippen LogP contribution in [0.2, 0.25) is 0 Å². The van der Waals surface area contributed by atoms with Crippen molar-refractivity contribution in [2.75, 3.05) is 6.61 Å². The average molecular weight is 519 g/mol. The zero-order valence-corrected chi connectivity index (χ0v) is 20.7. The number of rotatable bonds is 14. The van der Waals surface area contributed by atoms with E-state index < -0.39 is 60.4 Å². The number of nitrogens with one attached hydrogen (secondary N) is 4. The lowest BCUT2D eigenvalue weighted by atomic mass is 9.97. The Morgan fingerprint density at radius 3 is 2.19 bits per heavy atom. The summed E-state index contributed by atoms with van der Waals surface area (Å²) in [7, 11) is 0. The number of hydrogen-bond donors (Lipinski definition) is 8. The molecule has 0 saturated heterocycles. The van der Waals surface area contributed by atoms with Gasteiger partial charge in [0.15, 0.2) is 0 Å². The highest BCUT2D eigenvalue weighted by molar-refractivity contribution is 5.94. The number of phenolic OH excluding ortho intramolecular Hbond substituents is 1. The number of benzene rings is 1. The molecule has 0 bridgehead atoms. The van der Waals surface area contributed by atoms with E-state index in [1.165, 1.54) is 24.7 Å². The normalized spacial score (nSPS) is 15.0. The number of aromatic amines is 1. The van der Waals surface area contributed by atoms with Gasteiger partial charge in [0.25, 0.3) is 0 Å². The zero-order valence-electron chi connectivity index (χ0n) is 20.7. The maximum Gasteiger partial charge on any atom is 0.328 e. The summed E-state index contributed by atoms with van der Waals surface area (Å²) < 4.78 is 0. The van der Waals surface area contributed by atoms with E-state index in [4.69, 9.17) is 10.8 Å². The van der Waals surface area contributed by atoms with E-state index in [1.54, 1.807) is 26.0 Å². The number of aromatic hydroxyl groups is 1. The van der Waals surface area contributed by atoms with Crippen LogP contribution < -0.4 is 21.7 Å². The molecule has 2 aromatic rings. The van der Waals surface area contributed by atoms with Crippen molar-refractivity contribution in [1.29, 1.82) is 0 Å². The van der Waals surface area contributed by atoms with Crippen LogP contribution in [-0.2, 0) is 32.0 Å². The summed E-state index contributed by atoms with van der Waals surface area (Å²) in [5.41, 5.74) is 7.31. The van der Waals surface area contributed by atoms with E-state index in [0.29, 0.717) is 17.7 Å². The van der Waals surface area contributed by atoms with Gasteiger partial charge in [-0.3, -0.25) is 14.4 Å². The minimum Gasteiger partial charge on any atom is -0.508 e. The largest absolute Gasteiger partial charge is 0.508 e. The lowest BCUT2D eigenvalue weighted by Gasteiger charge is -2.27. The molecule has 202 valence electrons. The first-order valence-corrected chi connectivity index (χ1v) is 11.8. The third-order valence-electron chi connectivity index (χ3n) is 5.93. The first kappa shape index (κ1) is 29.3. The number of nitrogens with zero attached hydrogens (tertiary/aromatic N) is 1. The Morgan fingerprint density at radius 2 is 1.65 bits per heavy atom. The number of aromatic nitrogens is 2. The summed E-state index contributed by atoms with van der Waals surface area (Å²) in [6, 6.07) is 1.40. The van der Waals surface area contributed by atoms with Crippen LogP contribution in [0.5, 0.6) is 5.75 Å². The lowest BCUT2D eigenvalue weighted by molar-refractivity contribution is -0.143. The number of aliphatic hydroxyl groups excluding tert-OH is 1. The fourth-order valence-electron chi connectivity index (χ4n) is 3.49. The van der Waals surface area contributed by atoms with Crippen LogP contribution >= 0.6 is 0 Å². The monoisotopic (exact) mass is 518 g/mol. The Balaban J connectivity index is 2.17. The van der Waals surface area contributed by atoms with Crippen LogP contribution in [0.15, 0.2) is 36.8 Å². The van der Waals surface area contributed by atoms with Crippen LogP contribution in [0, 0.1) is 5.92 Å². The van der Waals surface area contributed by atoms with Crippen molar-refractivity contribution in [2.24, 2.45) is 11.7 Å². The van der Waals surface area contributed by atoms with E-state index in [2.05, 4.69) is 25.9 Å². The minimum absolute atomic E-state index is 0.0206. The van der Waals surface area contributed by atoms with Crippen LogP contribution in [0.4, 0.5) is 0 Å². The van der Waals surface area contributed by atoms with E-state index in [0.717, 1.165) is 0 Å². The molecule has 13 heteroatoms. The van der Waals surface area contributed by atoms with E-state index >= 15 is 0 Å². The Kier molecular flexibility index (Phi) is 11.0. The molecule has 0 aliphatic rings. The Labute approximate surface area is 213 Å². The summed E-state index contributed by atoms with van der Waals surface area (Å²) in [4.78, 5) is 56.9. The van der Waals surface area contributed by atoms with Crippen LogP contribution in [0.25, 0.3) is 0 Å². The molecule has 0 saturated carbocycles. The number of amides is 3. The molecule has 37 heavy (non-hydrogen) atoms. The number of H-pyrrole nitrogens is 1. The third kappa shape index (κ3) is 8.88. The van der Waals surface area contributed by atoms with Crippen molar-refractivity contribution in [1.82, 2.24) is 25.9 Å². The average Bonchev–Trinajstić information content (AvgIpc) is 3.38. The number of carbonyl (C=O) groups is 4. The molecule has 0 aliphatic heterocycles. The highest BCUT2D eigenvalue weighted by Crippen LogP contribution is 2.12. The van der Waals surface area contributed by atoms with Crippen LogP contribution in [0.3, 0.4) is 0 Å². The number of phenols is 1. The van der Waals surface area contributed by atoms with Crippen molar-refractivity contribution in [3.8, 4) is 5.75 Å². The van der Waals surface area contributed by atoms with Crippen molar-refractivity contribution < 1.29 is 34.5 Å². The number of carbonyl (C=O) groups excluding carboxylic acids is 3. The number of carboxylic acid groups (broad SMARTS) is 1. The smallest absolute Gasteiger partial charge is 0.328 e. The molecular formula is C24H34N6O7. The highest BCUT2D eigenvalue weighted by Gasteiger charge is 2.33. The first-order valence-electron chi connectivity index (χ1n) is 11.8. The highest BCUT2D eigenvalue weighted by atomic mass is 16.4. The number of imidazole rings is 1. The van der Waals surface area contributed by atoms with Crippen molar-refractivity contribution in [3.63, 3.8) is 0 Å². The lowest BCUT2D eigenvalue weighted by Crippen LogP contribution is -2.59.